The van der Waals surface area contributed by atoms with Crippen molar-refractivity contribution in [2.45, 2.75) is 50.9 Å². The first-order valence-electron chi connectivity index (χ1n) is 10.6. The highest BCUT2D eigenvalue weighted by Gasteiger charge is 2.37. The third-order valence-corrected chi connectivity index (χ3v) is 5.27. The molecule has 0 bridgehead atoms. The second-order valence-corrected chi connectivity index (χ2v) is 8.21. The van der Waals surface area contributed by atoms with E-state index >= 15 is 0 Å². The standard InChI is InChI=1S/C22H31F2NO5/c1-17-10-19(11-17)28-9-5-8-27-15-22(23,24)16-30-20-12-25(13-20)21(26)29-14-18-6-3-2-4-7-18/h2-4,6-7,17,19-20H,5,8-16H2,1H3/t17-,19+. The molecule has 1 aliphatic heterocycles. The molecule has 0 radical (unpaired) electrons. The van der Waals surface area contributed by atoms with Crippen molar-refractivity contribution in [3.63, 3.8) is 0 Å². The molecule has 1 aromatic carbocycles. The molecule has 8 heteroatoms. The SMILES string of the molecule is C[C@H]1C[C@@H](OCCCOCC(F)(F)COC2CN(C(=O)OCc3ccccc3)C2)C1. The minimum atomic E-state index is -3.06. The van der Waals surface area contributed by atoms with Crippen LogP contribution in [-0.4, -0.2) is 68.6 Å². The Bertz CT molecular complexity index is 648. The van der Waals surface area contributed by atoms with Crippen molar-refractivity contribution >= 4 is 6.09 Å². The van der Waals surface area contributed by atoms with E-state index in [9.17, 15) is 13.6 Å². The molecule has 0 aromatic heterocycles. The fourth-order valence-electron chi connectivity index (χ4n) is 3.38. The number of rotatable bonds is 12. The average molecular weight is 427 g/mol. The lowest BCUT2D eigenvalue weighted by molar-refractivity contribution is -0.156. The zero-order valence-corrected chi connectivity index (χ0v) is 17.4. The van der Waals surface area contributed by atoms with E-state index in [4.69, 9.17) is 18.9 Å². The molecule has 1 amide bonds. The summed E-state index contributed by atoms with van der Waals surface area (Å²) in [6, 6.07) is 9.34. The molecule has 30 heavy (non-hydrogen) atoms. The van der Waals surface area contributed by atoms with Gasteiger partial charge in [-0.05, 0) is 30.7 Å². The Morgan fingerprint density at radius 1 is 1.07 bits per heavy atom. The molecule has 1 aliphatic carbocycles. The van der Waals surface area contributed by atoms with E-state index in [1.165, 1.54) is 4.90 Å². The molecular weight excluding hydrogens is 396 g/mol. The highest BCUT2D eigenvalue weighted by atomic mass is 19.3. The van der Waals surface area contributed by atoms with Gasteiger partial charge in [0.2, 0.25) is 0 Å². The number of hydrogen-bond donors (Lipinski definition) is 0. The minimum absolute atomic E-state index is 0.182. The van der Waals surface area contributed by atoms with E-state index in [2.05, 4.69) is 6.92 Å². The number of hydrogen-bond acceptors (Lipinski definition) is 5. The molecule has 1 heterocycles. The third-order valence-electron chi connectivity index (χ3n) is 5.27. The van der Waals surface area contributed by atoms with Crippen LogP contribution in [0.25, 0.3) is 0 Å². The van der Waals surface area contributed by atoms with E-state index in [1.54, 1.807) is 0 Å². The summed E-state index contributed by atoms with van der Waals surface area (Å²) < 4.78 is 48.8. The summed E-state index contributed by atoms with van der Waals surface area (Å²) in [7, 11) is 0. The first-order valence-corrected chi connectivity index (χ1v) is 10.6. The molecule has 0 spiro atoms. The van der Waals surface area contributed by atoms with Crippen molar-refractivity contribution in [3.05, 3.63) is 35.9 Å². The lowest BCUT2D eigenvalue weighted by Crippen LogP contribution is -2.55. The number of likely N-dealkylation sites (tertiary alicyclic amines) is 1. The van der Waals surface area contributed by atoms with Crippen LogP contribution in [0.3, 0.4) is 0 Å². The van der Waals surface area contributed by atoms with Crippen LogP contribution in [0.1, 0.15) is 31.7 Å². The predicted octanol–water partition coefficient (Wildman–Crippen LogP) is 3.88. The molecule has 2 aliphatic rings. The fourth-order valence-corrected chi connectivity index (χ4v) is 3.38. The second-order valence-electron chi connectivity index (χ2n) is 8.21. The molecule has 6 nitrogen and oxygen atoms in total. The number of halogens is 2. The van der Waals surface area contributed by atoms with Gasteiger partial charge in [0, 0.05) is 13.2 Å². The maximum Gasteiger partial charge on any atom is 0.410 e. The van der Waals surface area contributed by atoms with E-state index in [-0.39, 0.29) is 26.3 Å². The first kappa shape index (κ1) is 22.9. The summed E-state index contributed by atoms with van der Waals surface area (Å²) in [6.45, 7) is 2.25. The summed E-state index contributed by atoms with van der Waals surface area (Å²) in [5, 5.41) is 0. The van der Waals surface area contributed by atoms with Gasteiger partial charge in [-0.25, -0.2) is 13.6 Å². The van der Waals surface area contributed by atoms with Gasteiger partial charge in [-0.2, -0.15) is 0 Å². The Labute approximate surface area is 176 Å². The minimum Gasteiger partial charge on any atom is -0.445 e. The molecule has 1 saturated heterocycles. The van der Waals surface area contributed by atoms with Gasteiger partial charge in [-0.1, -0.05) is 37.3 Å². The number of benzene rings is 1. The van der Waals surface area contributed by atoms with Gasteiger partial charge >= 0.3 is 6.09 Å². The van der Waals surface area contributed by atoms with E-state index in [0.29, 0.717) is 19.1 Å². The van der Waals surface area contributed by atoms with Crippen molar-refractivity contribution in [2.75, 3.05) is 39.5 Å². The fraction of sp³-hybridized carbons (Fsp3) is 0.682. The van der Waals surface area contributed by atoms with Crippen molar-refractivity contribution in [3.8, 4) is 0 Å². The highest BCUT2D eigenvalue weighted by Crippen LogP contribution is 2.29. The van der Waals surface area contributed by atoms with Gasteiger partial charge < -0.3 is 23.8 Å². The Morgan fingerprint density at radius 2 is 1.80 bits per heavy atom. The molecule has 0 unspecified atom stereocenters. The number of amides is 1. The zero-order valence-electron chi connectivity index (χ0n) is 17.4. The van der Waals surface area contributed by atoms with Crippen molar-refractivity contribution in [2.24, 2.45) is 5.92 Å². The van der Waals surface area contributed by atoms with Crippen LogP contribution in [0.5, 0.6) is 0 Å². The van der Waals surface area contributed by atoms with E-state index < -0.39 is 31.3 Å². The lowest BCUT2D eigenvalue weighted by atomic mass is 9.84. The quantitative estimate of drug-likeness (QED) is 0.474. The molecule has 0 N–H and O–H groups in total. The zero-order chi connectivity index (χ0) is 21.4. The van der Waals surface area contributed by atoms with Crippen molar-refractivity contribution < 1.29 is 32.5 Å². The number of carbonyl (C=O) groups is 1. The summed E-state index contributed by atoms with van der Waals surface area (Å²) in [4.78, 5) is 13.4. The Hall–Kier alpha value is -1.77. The van der Waals surface area contributed by atoms with E-state index in [1.807, 2.05) is 30.3 Å². The number of carbonyl (C=O) groups excluding carboxylic acids is 1. The average Bonchev–Trinajstić information content (AvgIpc) is 2.66. The molecule has 168 valence electrons. The first-order chi connectivity index (χ1) is 14.4. The Kier molecular flexibility index (Phi) is 8.41. The summed E-state index contributed by atoms with van der Waals surface area (Å²) in [6.07, 6.45) is 2.22. The molecule has 1 aromatic rings. The third kappa shape index (κ3) is 7.49. The number of ether oxygens (including phenoxy) is 4. The van der Waals surface area contributed by atoms with Crippen LogP contribution >= 0.6 is 0 Å². The molecule has 3 rings (SSSR count). The van der Waals surface area contributed by atoms with Crippen molar-refractivity contribution in [1.82, 2.24) is 4.90 Å². The molecule has 0 atom stereocenters. The Balaban J connectivity index is 1.18. The highest BCUT2D eigenvalue weighted by molar-refractivity contribution is 5.68. The summed E-state index contributed by atoms with van der Waals surface area (Å²) in [5.41, 5.74) is 0.892. The van der Waals surface area contributed by atoms with Gasteiger partial charge in [0.05, 0.1) is 25.3 Å². The predicted molar refractivity (Wildman–Crippen MR) is 106 cm³/mol. The number of alkyl halides is 2. The summed E-state index contributed by atoms with van der Waals surface area (Å²) in [5.74, 6) is -2.33. The molecular formula is C22H31F2NO5. The van der Waals surface area contributed by atoms with Gasteiger partial charge in [0.25, 0.3) is 5.92 Å². The smallest absolute Gasteiger partial charge is 0.410 e. The monoisotopic (exact) mass is 427 g/mol. The molecule has 2 fully saturated rings. The van der Waals surface area contributed by atoms with Crippen LogP contribution in [-0.2, 0) is 25.6 Å². The van der Waals surface area contributed by atoms with Crippen molar-refractivity contribution in [1.29, 1.82) is 0 Å². The van der Waals surface area contributed by atoms with Gasteiger partial charge in [-0.3, -0.25) is 0 Å². The van der Waals surface area contributed by atoms with Gasteiger partial charge in [0.15, 0.2) is 0 Å². The summed E-state index contributed by atoms with van der Waals surface area (Å²) >= 11 is 0. The Morgan fingerprint density at radius 3 is 2.50 bits per heavy atom. The van der Waals surface area contributed by atoms with E-state index in [0.717, 1.165) is 24.3 Å². The maximum atomic E-state index is 13.9. The normalized spacial score (nSPS) is 21.8. The maximum absolute atomic E-state index is 13.9. The van der Waals surface area contributed by atoms with Gasteiger partial charge in [-0.15, -0.1) is 0 Å². The molecule has 1 saturated carbocycles. The largest absolute Gasteiger partial charge is 0.445 e. The van der Waals surface area contributed by atoms with Crippen LogP contribution in [0.4, 0.5) is 13.6 Å². The second kappa shape index (κ2) is 11.0. The van der Waals surface area contributed by atoms with Crippen LogP contribution in [0.15, 0.2) is 30.3 Å². The van der Waals surface area contributed by atoms with Crippen LogP contribution in [0.2, 0.25) is 0 Å². The number of nitrogens with zero attached hydrogens (tertiary/aromatic N) is 1. The van der Waals surface area contributed by atoms with Crippen LogP contribution < -0.4 is 0 Å². The topological polar surface area (TPSA) is 57.2 Å². The lowest BCUT2D eigenvalue weighted by Gasteiger charge is -2.38. The van der Waals surface area contributed by atoms with Crippen LogP contribution in [0, 0.1) is 5.92 Å². The van der Waals surface area contributed by atoms with Gasteiger partial charge in [0.1, 0.15) is 19.8 Å².